The number of nitrogens with zero attached hydrogens (tertiary/aromatic N) is 1. The van der Waals surface area contributed by atoms with E-state index >= 15 is 0 Å². The quantitative estimate of drug-likeness (QED) is 0.317. The number of benzene rings is 1. The average Bonchev–Trinajstić information content (AvgIpc) is 2.88. The van der Waals surface area contributed by atoms with E-state index in [4.69, 9.17) is 27.2 Å². The number of thiocarbonyl (C=S) groups is 1. The molecule has 0 atom stereocenters. The minimum atomic E-state index is -0.928. The molecule has 2 N–H and O–H groups in total. The Morgan fingerprint density at radius 2 is 1.89 bits per heavy atom. The summed E-state index contributed by atoms with van der Waals surface area (Å²) < 4.78 is 5.89. The molecule has 0 bridgehead atoms. The standard InChI is InChI=1S/C19H21NO6S2/c21-16(22)7-2-1-3-9-20-18(25)15(28-19(20)27)12-13-5-4-6-14(11-13)26-10-8-17(23)24/h4-6,11-12H,1-3,7-10H2,(H,21,22)(H,23,24)/b15-12-. The van der Waals surface area contributed by atoms with Crippen molar-refractivity contribution in [1.82, 2.24) is 4.90 Å². The molecule has 0 aliphatic carbocycles. The van der Waals surface area contributed by atoms with E-state index in [2.05, 4.69) is 0 Å². The molecule has 1 amide bonds. The van der Waals surface area contributed by atoms with Gasteiger partial charge in [0.05, 0.1) is 17.9 Å². The summed E-state index contributed by atoms with van der Waals surface area (Å²) in [6, 6.07) is 7.05. The molecule has 1 saturated heterocycles. The zero-order chi connectivity index (χ0) is 20.5. The van der Waals surface area contributed by atoms with Gasteiger partial charge in [0.15, 0.2) is 0 Å². The van der Waals surface area contributed by atoms with Crippen LogP contribution in [0.15, 0.2) is 29.2 Å². The van der Waals surface area contributed by atoms with Gasteiger partial charge < -0.3 is 14.9 Å². The first-order valence-corrected chi connectivity index (χ1v) is 10.0. The summed E-state index contributed by atoms with van der Waals surface area (Å²) in [7, 11) is 0. The number of carbonyl (C=O) groups is 3. The fraction of sp³-hybridized carbons (Fsp3) is 0.368. The van der Waals surface area contributed by atoms with Crippen molar-refractivity contribution in [3.8, 4) is 5.75 Å². The topological polar surface area (TPSA) is 104 Å². The molecule has 28 heavy (non-hydrogen) atoms. The van der Waals surface area contributed by atoms with Crippen LogP contribution in [-0.2, 0) is 14.4 Å². The molecule has 2 rings (SSSR count). The van der Waals surface area contributed by atoms with Crippen LogP contribution in [-0.4, -0.2) is 50.4 Å². The van der Waals surface area contributed by atoms with Crippen LogP contribution in [0.3, 0.4) is 0 Å². The summed E-state index contributed by atoms with van der Waals surface area (Å²) >= 11 is 6.52. The predicted molar refractivity (Wildman–Crippen MR) is 110 cm³/mol. The number of rotatable bonds is 11. The highest BCUT2D eigenvalue weighted by molar-refractivity contribution is 8.26. The van der Waals surface area contributed by atoms with Crippen LogP contribution in [0.1, 0.15) is 37.7 Å². The summed E-state index contributed by atoms with van der Waals surface area (Å²) in [4.78, 5) is 35.7. The number of amides is 1. The van der Waals surface area contributed by atoms with Gasteiger partial charge in [-0.15, -0.1) is 0 Å². The molecular formula is C19H21NO6S2. The summed E-state index contributed by atoms with van der Waals surface area (Å²) in [5.74, 6) is -1.38. The lowest BCUT2D eigenvalue weighted by Gasteiger charge is -2.13. The number of thioether (sulfide) groups is 1. The van der Waals surface area contributed by atoms with Crippen LogP contribution in [0.4, 0.5) is 0 Å². The van der Waals surface area contributed by atoms with E-state index in [0.29, 0.717) is 34.4 Å². The van der Waals surface area contributed by atoms with Gasteiger partial charge in [-0.3, -0.25) is 19.3 Å². The van der Waals surface area contributed by atoms with Gasteiger partial charge in [-0.25, -0.2) is 0 Å². The summed E-state index contributed by atoms with van der Waals surface area (Å²) in [5, 5.41) is 17.3. The van der Waals surface area contributed by atoms with Gasteiger partial charge in [0, 0.05) is 13.0 Å². The van der Waals surface area contributed by atoms with Crippen LogP contribution < -0.4 is 4.74 Å². The smallest absolute Gasteiger partial charge is 0.306 e. The van der Waals surface area contributed by atoms with Crippen molar-refractivity contribution in [3.05, 3.63) is 34.7 Å². The van der Waals surface area contributed by atoms with Crippen LogP contribution >= 0.6 is 24.0 Å². The molecule has 0 spiro atoms. The van der Waals surface area contributed by atoms with Gasteiger partial charge in [0.2, 0.25) is 0 Å². The lowest BCUT2D eigenvalue weighted by atomic mass is 10.2. The van der Waals surface area contributed by atoms with E-state index in [0.717, 1.165) is 12.0 Å². The largest absolute Gasteiger partial charge is 0.493 e. The Hall–Kier alpha value is -2.39. The Morgan fingerprint density at radius 1 is 1.14 bits per heavy atom. The third-order valence-electron chi connectivity index (χ3n) is 3.89. The van der Waals surface area contributed by atoms with Crippen molar-refractivity contribution in [1.29, 1.82) is 0 Å². The average molecular weight is 424 g/mol. The molecule has 1 fully saturated rings. The first-order chi connectivity index (χ1) is 13.4. The number of carboxylic acid groups (broad SMARTS) is 2. The molecule has 1 aromatic rings. The Kier molecular flexibility index (Phi) is 8.46. The Morgan fingerprint density at radius 3 is 2.61 bits per heavy atom. The van der Waals surface area contributed by atoms with Gasteiger partial charge >= 0.3 is 11.9 Å². The first-order valence-electron chi connectivity index (χ1n) is 8.78. The number of hydrogen-bond donors (Lipinski definition) is 2. The van der Waals surface area contributed by atoms with Crippen molar-refractivity contribution in [3.63, 3.8) is 0 Å². The maximum absolute atomic E-state index is 12.6. The van der Waals surface area contributed by atoms with Crippen LogP contribution in [0, 0.1) is 0 Å². The molecule has 1 heterocycles. The number of carboxylic acids is 2. The fourth-order valence-electron chi connectivity index (χ4n) is 2.52. The van der Waals surface area contributed by atoms with Crippen LogP contribution in [0.2, 0.25) is 0 Å². The molecule has 0 unspecified atom stereocenters. The zero-order valence-corrected chi connectivity index (χ0v) is 16.8. The second-order valence-electron chi connectivity index (χ2n) is 6.10. The predicted octanol–water partition coefficient (Wildman–Crippen LogP) is 3.39. The molecular weight excluding hydrogens is 402 g/mol. The van der Waals surface area contributed by atoms with Gasteiger partial charge in [-0.1, -0.05) is 42.5 Å². The normalized spacial score (nSPS) is 15.3. The maximum Gasteiger partial charge on any atom is 0.306 e. The first kappa shape index (κ1) is 21.9. The van der Waals surface area contributed by atoms with Gasteiger partial charge in [0.1, 0.15) is 10.1 Å². The molecule has 0 aromatic heterocycles. The summed E-state index contributed by atoms with van der Waals surface area (Å²) in [6.07, 6.45) is 3.76. The number of hydrogen-bond acceptors (Lipinski definition) is 6. The highest BCUT2D eigenvalue weighted by Crippen LogP contribution is 2.33. The van der Waals surface area contributed by atoms with Gasteiger partial charge in [-0.2, -0.15) is 0 Å². The molecule has 1 aromatic carbocycles. The summed E-state index contributed by atoms with van der Waals surface area (Å²) in [5.41, 5.74) is 0.759. The van der Waals surface area contributed by atoms with Crippen molar-refractivity contribution < 1.29 is 29.3 Å². The Labute approximate surface area is 172 Å². The molecule has 0 radical (unpaired) electrons. The number of ether oxygens (including phenoxy) is 1. The van der Waals surface area contributed by atoms with Crippen molar-refractivity contribution in [2.24, 2.45) is 0 Å². The second-order valence-corrected chi connectivity index (χ2v) is 7.78. The van der Waals surface area contributed by atoms with Crippen molar-refractivity contribution >= 4 is 52.2 Å². The van der Waals surface area contributed by atoms with E-state index in [1.54, 1.807) is 29.2 Å². The Bertz CT molecular complexity index is 792. The summed E-state index contributed by atoms with van der Waals surface area (Å²) in [6.45, 7) is 0.544. The number of aliphatic carboxylic acids is 2. The number of carbonyl (C=O) groups excluding carboxylic acids is 1. The fourth-order valence-corrected chi connectivity index (χ4v) is 3.83. The molecule has 0 saturated carbocycles. The molecule has 1 aliphatic rings. The molecule has 7 nitrogen and oxygen atoms in total. The number of unbranched alkanes of at least 4 members (excludes halogenated alkanes) is 2. The molecule has 150 valence electrons. The van der Waals surface area contributed by atoms with Gasteiger partial charge in [0.25, 0.3) is 5.91 Å². The molecule has 1 aliphatic heterocycles. The van der Waals surface area contributed by atoms with Crippen molar-refractivity contribution in [2.75, 3.05) is 13.2 Å². The Balaban J connectivity index is 1.93. The second kappa shape index (κ2) is 10.8. The lowest BCUT2D eigenvalue weighted by Crippen LogP contribution is -2.29. The minimum absolute atomic E-state index is 0.0722. The van der Waals surface area contributed by atoms with E-state index in [1.807, 2.05) is 6.07 Å². The van der Waals surface area contributed by atoms with Crippen LogP contribution in [0.25, 0.3) is 6.08 Å². The van der Waals surface area contributed by atoms with E-state index in [-0.39, 0.29) is 25.4 Å². The monoisotopic (exact) mass is 423 g/mol. The highest BCUT2D eigenvalue weighted by Gasteiger charge is 2.31. The SMILES string of the molecule is O=C(O)CCCCCN1C(=O)/C(=C/c2cccc(OCCC(=O)O)c2)SC1=S. The third-order valence-corrected chi connectivity index (χ3v) is 5.26. The van der Waals surface area contributed by atoms with E-state index in [1.165, 1.54) is 11.8 Å². The zero-order valence-electron chi connectivity index (χ0n) is 15.1. The van der Waals surface area contributed by atoms with Gasteiger partial charge in [-0.05, 0) is 36.6 Å². The molecule has 9 heteroatoms. The third kappa shape index (κ3) is 6.97. The maximum atomic E-state index is 12.6. The highest BCUT2D eigenvalue weighted by atomic mass is 32.2. The van der Waals surface area contributed by atoms with Crippen molar-refractivity contribution in [2.45, 2.75) is 32.1 Å². The lowest BCUT2D eigenvalue weighted by molar-refractivity contribution is -0.138. The van der Waals surface area contributed by atoms with Crippen LogP contribution in [0.5, 0.6) is 5.75 Å². The van der Waals surface area contributed by atoms with E-state index < -0.39 is 11.9 Å². The minimum Gasteiger partial charge on any atom is -0.493 e. The van der Waals surface area contributed by atoms with E-state index in [9.17, 15) is 14.4 Å².